The molecule has 6 nitrogen and oxygen atoms in total. The highest BCUT2D eigenvalue weighted by Crippen LogP contribution is 2.13. The van der Waals surface area contributed by atoms with Crippen molar-refractivity contribution in [2.24, 2.45) is 0 Å². The number of carbonyl (C=O) groups excluding carboxylic acids is 3. The summed E-state index contributed by atoms with van der Waals surface area (Å²) in [4.78, 5) is 38.0. The quantitative estimate of drug-likeness (QED) is 0.0199. The largest absolute Gasteiger partial charge is 0.462 e. The van der Waals surface area contributed by atoms with E-state index in [2.05, 4.69) is 142 Å². The fourth-order valence-electron chi connectivity index (χ4n) is 6.50. The second-order valence-electron chi connectivity index (χ2n) is 16.3. The summed E-state index contributed by atoms with van der Waals surface area (Å²) in [7, 11) is 0. The van der Waals surface area contributed by atoms with Crippen LogP contribution in [0.4, 0.5) is 0 Å². The summed E-state index contributed by atoms with van der Waals surface area (Å²) in [5.74, 6) is -0.972. The number of rotatable bonds is 44. The second-order valence-corrected chi connectivity index (χ2v) is 16.3. The minimum atomic E-state index is -0.807. The van der Waals surface area contributed by atoms with Gasteiger partial charge in [-0.2, -0.15) is 0 Å². The van der Waals surface area contributed by atoms with Gasteiger partial charge in [-0.3, -0.25) is 14.4 Å². The zero-order chi connectivity index (χ0) is 46.5. The van der Waals surface area contributed by atoms with E-state index in [-0.39, 0.29) is 31.1 Å². The van der Waals surface area contributed by atoms with Crippen LogP contribution in [-0.4, -0.2) is 37.2 Å². The van der Waals surface area contributed by atoms with Crippen molar-refractivity contribution >= 4 is 17.9 Å². The molecule has 0 fully saturated rings. The number of esters is 3. The van der Waals surface area contributed by atoms with Crippen molar-refractivity contribution in [3.63, 3.8) is 0 Å². The first-order valence-electron chi connectivity index (χ1n) is 25.6. The van der Waals surface area contributed by atoms with Gasteiger partial charge in [0.15, 0.2) is 6.10 Å². The average molecular weight is 885 g/mol. The van der Waals surface area contributed by atoms with Crippen LogP contribution in [-0.2, 0) is 28.6 Å². The first-order valence-corrected chi connectivity index (χ1v) is 25.6. The normalized spacial score (nSPS) is 13.1. The Labute approximate surface area is 392 Å². The van der Waals surface area contributed by atoms with E-state index in [0.717, 1.165) is 148 Å². The molecular weight excluding hydrogens is 793 g/mol. The first kappa shape index (κ1) is 59.8. The molecule has 0 saturated heterocycles. The van der Waals surface area contributed by atoms with Gasteiger partial charge in [-0.1, -0.05) is 200 Å². The minimum absolute atomic E-state index is 0.105. The lowest BCUT2D eigenvalue weighted by Crippen LogP contribution is -2.30. The van der Waals surface area contributed by atoms with Crippen LogP contribution in [0.25, 0.3) is 0 Å². The van der Waals surface area contributed by atoms with Crippen LogP contribution in [0.3, 0.4) is 0 Å². The molecule has 1 atom stereocenters. The van der Waals surface area contributed by atoms with E-state index in [1.807, 2.05) is 0 Å². The summed E-state index contributed by atoms with van der Waals surface area (Å²) in [6.07, 6.45) is 70.4. The minimum Gasteiger partial charge on any atom is -0.462 e. The molecule has 0 aromatic carbocycles. The molecule has 64 heavy (non-hydrogen) atoms. The lowest BCUT2D eigenvalue weighted by Gasteiger charge is -2.18. The molecule has 0 spiro atoms. The topological polar surface area (TPSA) is 78.9 Å². The van der Waals surface area contributed by atoms with Gasteiger partial charge in [-0.25, -0.2) is 0 Å². The third kappa shape index (κ3) is 48.8. The smallest absolute Gasteiger partial charge is 0.306 e. The van der Waals surface area contributed by atoms with Crippen LogP contribution in [0.1, 0.15) is 207 Å². The van der Waals surface area contributed by atoms with Gasteiger partial charge in [0.1, 0.15) is 13.2 Å². The summed E-state index contributed by atoms with van der Waals surface area (Å²) < 4.78 is 16.7. The zero-order valence-electron chi connectivity index (χ0n) is 41.0. The number of hydrogen-bond acceptors (Lipinski definition) is 6. The van der Waals surface area contributed by atoms with Gasteiger partial charge in [0.2, 0.25) is 0 Å². The Morgan fingerprint density at radius 1 is 0.328 bits per heavy atom. The highest BCUT2D eigenvalue weighted by atomic mass is 16.6. The van der Waals surface area contributed by atoms with Crippen LogP contribution in [0.5, 0.6) is 0 Å². The Morgan fingerprint density at radius 2 is 0.641 bits per heavy atom. The van der Waals surface area contributed by atoms with E-state index in [0.29, 0.717) is 19.3 Å². The molecule has 0 aliphatic heterocycles. The second kappa shape index (κ2) is 51.4. The summed E-state index contributed by atoms with van der Waals surface area (Å²) in [5, 5.41) is 0. The summed E-state index contributed by atoms with van der Waals surface area (Å²) >= 11 is 0. The monoisotopic (exact) mass is 885 g/mol. The van der Waals surface area contributed by atoms with Gasteiger partial charge in [0.25, 0.3) is 0 Å². The molecule has 360 valence electrons. The summed E-state index contributed by atoms with van der Waals surface area (Å²) in [6.45, 7) is 6.21. The predicted octanol–water partition coefficient (Wildman–Crippen LogP) is 16.9. The van der Waals surface area contributed by atoms with E-state index in [1.54, 1.807) is 0 Å². The first-order chi connectivity index (χ1) is 31.5. The van der Waals surface area contributed by atoms with Crippen molar-refractivity contribution in [2.75, 3.05) is 13.2 Å². The Hall–Kier alpha value is -4.19. The van der Waals surface area contributed by atoms with Crippen molar-refractivity contribution in [2.45, 2.75) is 213 Å². The van der Waals surface area contributed by atoms with Gasteiger partial charge in [-0.05, 0) is 109 Å². The SMILES string of the molecule is CC\C=C/C=C\C=C/CCCCCCCCCC(=O)OC(COC(=O)CCCCC/C=C\C/C=C\C/C=C\C/C=C\C/C=C\CC)COC(=O)CCCCCCC/C=C\C/C=C\CC. The fraction of sp³-hybridized carbons (Fsp3) is 0.603. The Morgan fingerprint density at radius 3 is 1.06 bits per heavy atom. The van der Waals surface area contributed by atoms with Gasteiger partial charge in [-0.15, -0.1) is 0 Å². The van der Waals surface area contributed by atoms with Gasteiger partial charge >= 0.3 is 17.9 Å². The van der Waals surface area contributed by atoms with Gasteiger partial charge in [0, 0.05) is 19.3 Å². The maximum atomic E-state index is 12.8. The van der Waals surface area contributed by atoms with Crippen molar-refractivity contribution < 1.29 is 28.6 Å². The Balaban J connectivity index is 4.49. The van der Waals surface area contributed by atoms with Crippen molar-refractivity contribution in [3.8, 4) is 0 Å². The molecule has 0 bridgehead atoms. The highest BCUT2D eigenvalue weighted by Gasteiger charge is 2.19. The molecule has 0 rings (SSSR count). The number of hydrogen-bond donors (Lipinski definition) is 0. The molecule has 0 aromatic rings. The predicted molar refractivity (Wildman–Crippen MR) is 274 cm³/mol. The molecule has 0 heterocycles. The maximum Gasteiger partial charge on any atom is 0.306 e. The summed E-state index contributed by atoms with van der Waals surface area (Å²) in [6, 6.07) is 0. The molecule has 1 unspecified atom stereocenters. The fourth-order valence-corrected chi connectivity index (χ4v) is 6.50. The number of allylic oxidation sites excluding steroid dienone is 20. The van der Waals surface area contributed by atoms with Crippen LogP contribution in [0.2, 0.25) is 0 Å². The average Bonchev–Trinajstić information content (AvgIpc) is 3.29. The molecular formula is C58H92O6. The van der Waals surface area contributed by atoms with Gasteiger partial charge < -0.3 is 14.2 Å². The van der Waals surface area contributed by atoms with E-state index in [1.165, 1.54) is 19.3 Å². The Kier molecular flexibility index (Phi) is 48.1. The van der Waals surface area contributed by atoms with Crippen molar-refractivity contribution in [1.29, 1.82) is 0 Å². The zero-order valence-corrected chi connectivity index (χ0v) is 41.0. The molecule has 0 amide bonds. The molecule has 6 heteroatoms. The number of carbonyl (C=O) groups is 3. The highest BCUT2D eigenvalue weighted by molar-refractivity contribution is 5.71. The standard InChI is InChI=1S/C58H92O6/c1-4-7-10-13-16-19-22-25-27-28-29-30-32-33-36-39-42-45-48-51-57(60)63-54-55(53-62-56(59)50-47-44-41-38-35-24-21-18-15-12-9-6-3)64-58(61)52-49-46-43-40-37-34-31-26-23-20-17-14-11-8-5-2/h7-12,14,16-21,23,25,27,29-30,33,36,55H,4-6,13,15,22,24,26,28,31-32,34-35,37-54H2,1-3H3/b10-7-,11-8-,12-9-,17-14-,19-16-,21-18-,23-20-,27-25-,30-29-,36-33-. The Bertz CT molecular complexity index is 1390. The van der Waals surface area contributed by atoms with E-state index < -0.39 is 6.10 Å². The van der Waals surface area contributed by atoms with E-state index in [4.69, 9.17) is 14.2 Å². The van der Waals surface area contributed by atoms with Gasteiger partial charge in [0.05, 0.1) is 0 Å². The molecule has 0 N–H and O–H groups in total. The molecule has 0 saturated carbocycles. The lowest BCUT2D eigenvalue weighted by molar-refractivity contribution is -0.167. The van der Waals surface area contributed by atoms with Crippen LogP contribution in [0.15, 0.2) is 122 Å². The summed E-state index contributed by atoms with van der Waals surface area (Å²) in [5.41, 5.74) is 0. The van der Waals surface area contributed by atoms with Crippen LogP contribution in [0, 0.1) is 0 Å². The van der Waals surface area contributed by atoms with Crippen LogP contribution < -0.4 is 0 Å². The number of ether oxygens (including phenoxy) is 3. The van der Waals surface area contributed by atoms with Crippen LogP contribution >= 0.6 is 0 Å². The third-order valence-electron chi connectivity index (χ3n) is 10.3. The molecule has 0 radical (unpaired) electrons. The maximum absolute atomic E-state index is 12.8. The van der Waals surface area contributed by atoms with Crippen molar-refractivity contribution in [1.82, 2.24) is 0 Å². The third-order valence-corrected chi connectivity index (χ3v) is 10.3. The van der Waals surface area contributed by atoms with E-state index in [9.17, 15) is 14.4 Å². The molecule has 0 aliphatic rings. The molecule has 0 aliphatic carbocycles. The molecule has 0 aromatic heterocycles. The lowest BCUT2D eigenvalue weighted by atomic mass is 10.1. The number of unbranched alkanes of at least 4 members (excludes halogenated alkanes) is 15. The van der Waals surface area contributed by atoms with Crippen molar-refractivity contribution in [3.05, 3.63) is 122 Å². The van der Waals surface area contributed by atoms with E-state index >= 15 is 0 Å².